The fourth-order valence-electron chi connectivity index (χ4n) is 3.75. The Morgan fingerprint density at radius 3 is 2.59 bits per heavy atom. The van der Waals surface area contributed by atoms with Crippen LogP contribution < -0.4 is 10.1 Å². The first-order valence-electron chi connectivity index (χ1n) is 9.95. The minimum atomic E-state index is -4.67. The quantitative estimate of drug-likeness (QED) is 0.436. The molecule has 0 saturated carbocycles. The molecular weight excluding hydrogens is 443 g/mol. The molecule has 3 aromatic rings. The van der Waals surface area contributed by atoms with Crippen molar-refractivity contribution in [3.8, 4) is 17.0 Å². The van der Waals surface area contributed by atoms with Crippen LogP contribution in [0.3, 0.4) is 0 Å². The summed E-state index contributed by atoms with van der Waals surface area (Å²) in [5.74, 6) is 0.206. The summed E-state index contributed by atoms with van der Waals surface area (Å²) >= 11 is 1.39. The number of carbonyl (C=O) groups is 1. The number of aryl methyl sites for hydroxylation is 1. The molecule has 0 radical (unpaired) electrons. The summed E-state index contributed by atoms with van der Waals surface area (Å²) in [5, 5.41) is 14.0. The maximum Gasteiger partial charge on any atom is 0.419 e. The largest absolute Gasteiger partial charge is 0.491 e. The van der Waals surface area contributed by atoms with Gasteiger partial charge in [0.05, 0.1) is 16.8 Å². The van der Waals surface area contributed by atoms with Crippen LogP contribution in [-0.4, -0.2) is 33.3 Å². The number of nitrogens with one attached hydrogen (secondary N) is 1. The van der Waals surface area contributed by atoms with E-state index in [1.165, 1.54) is 23.5 Å². The van der Waals surface area contributed by atoms with E-state index in [4.69, 9.17) is 9.84 Å². The highest BCUT2D eigenvalue weighted by atomic mass is 32.1. The van der Waals surface area contributed by atoms with Crippen LogP contribution in [-0.2, 0) is 6.18 Å². The molecule has 32 heavy (non-hydrogen) atoms. The number of alkyl halides is 3. The summed E-state index contributed by atoms with van der Waals surface area (Å²) in [6.07, 6.45) is -5.53. The Morgan fingerprint density at radius 1 is 1.25 bits per heavy atom. The van der Waals surface area contributed by atoms with Gasteiger partial charge in [-0.2, -0.15) is 13.2 Å². The minimum Gasteiger partial charge on any atom is -0.491 e. The molecule has 1 aromatic carbocycles. The van der Waals surface area contributed by atoms with Gasteiger partial charge in [-0.3, -0.25) is 0 Å². The van der Waals surface area contributed by atoms with Crippen molar-refractivity contribution in [2.24, 2.45) is 5.92 Å². The average Bonchev–Trinajstić information content (AvgIpc) is 3.12. The highest BCUT2D eigenvalue weighted by Gasteiger charge is 2.36. The second-order valence-electron chi connectivity index (χ2n) is 8.35. The normalized spacial score (nSPS) is 13.9. The molecule has 0 fully saturated rings. The van der Waals surface area contributed by atoms with Gasteiger partial charge in [-0.1, -0.05) is 13.8 Å². The summed E-state index contributed by atoms with van der Waals surface area (Å²) in [5.41, 5.74) is -1.28. The summed E-state index contributed by atoms with van der Waals surface area (Å²) in [6.45, 7) is 6.84. The van der Waals surface area contributed by atoms with Crippen molar-refractivity contribution in [1.29, 1.82) is 0 Å². The summed E-state index contributed by atoms with van der Waals surface area (Å²) in [6, 6.07) is 5.57. The lowest BCUT2D eigenvalue weighted by Gasteiger charge is -2.31. The average molecular weight is 468 g/mol. The molecule has 0 aliphatic rings. The van der Waals surface area contributed by atoms with E-state index in [1.807, 2.05) is 19.2 Å². The third-order valence-corrected chi connectivity index (χ3v) is 5.62. The highest BCUT2D eigenvalue weighted by molar-refractivity contribution is 7.16. The van der Waals surface area contributed by atoms with Crippen LogP contribution in [0, 0.1) is 12.8 Å². The van der Waals surface area contributed by atoms with Crippen molar-refractivity contribution < 1.29 is 27.8 Å². The number of thiophene rings is 1. The first-order chi connectivity index (χ1) is 14.9. The van der Waals surface area contributed by atoms with Crippen molar-refractivity contribution in [2.45, 2.75) is 45.8 Å². The molecule has 1 amide bonds. The van der Waals surface area contributed by atoms with Crippen molar-refractivity contribution in [3.63, 3.8) is 0 Å². The number of hydrogen-bond donors (Lipinski definition) is 2. The SMILES string of the molecule is Cc1nc(-c2ccc(OCC(C)(CC(C)C)NC(=O)O)c(C(F)(F)F)c2)c2ccsc2n1. The van der Waals surface area contributed by atoms with E-state index in [0.717, 1.165) is 6.07 Å². The van der Waals surface area contributed by atoms with Crippen LogP contribution >= 0.6 is 11.3 Å². The molecule has 6 nitrogen and oxygen atoms in total. The molecule has 1 atom stereocenters. The van der Waals surface area contributed by atoms with E-state index in [1.54, 1.807) is 19.9 Å². The van der Waals surface area contributed by atoms with Gasteiger partial charge in [-0.25, -0.2) is 14.8 Å². The molecule has 0 aliphatic carbocycles. The number of aromatic nitrogens is 2. The second kappa shape index (κ2) is 8.93. The van der Waals surface area contributed by atoms with Gasteiger partial charge < -0.3 is 15.2 Å². The Morgan fingerprint density at radius 2 is 1.97 bits per heavy atom. The maximum atomic E-state index is 13.9. The van der Waals surface area contributed by atoms with Crippen LogP contribution in [0.2, 0.25) is 0 Å². The van der Waals surface area contributed by atoms with Gasteiger partial charge in [0.2, 0.25) is 0 Å². The van der Waals surface area contributed by atoms with Crippen LogP contribution in [0.1, 0.15) is 38.6 Å². The second-order valence-corrected chi connectivity index (χ2v) is 9.24. The zero-order valence-electron chi connectivity index (χ0n) is 18.1. The Bertz CT molecular complexity index is 1130. The van der Waals surface area contributed by atoms with Crippen LogP contribution in [0.4, 0.5) is 18.0 Å². The third kappa shape index (κ3) is 5.48. The summed E-state index contributed by atoms with van der Waals surface area (Å²) in [7, 11) is 0. The Hall–Kier alpha value is -2.88. The number of fused-ring (bicyclic) bond motifs is 1. The number of nitrogens with zero attached hydrogens (tertiary/aromatic N) is 2. The molecule has 10 heteroatoms. The fourth-order valence-corrected chi connectivity index (χ4v) is 4.56. The number of rotatable bonds is 7. The van der Waals surface area contributed by atoms with Crippen LogP contribution in [0.25, 0.3) is 21.5 Å². The molecule has 0 bridgehead atoms. The van der Waals surface area contributed by atoms with Crippen LogP contribution in [0.15, 0.2) is 29.6 Å². The van der Waals surface area contributed by atoms with Gasteiger partial charge in [-0.15, -0.1) is 11.3 Å². The molecule has 0 saturated heterocycles. The highest BCUT2D eigenvalue weighted by Crippen LogP contribution is 2.40. The standard InChI is InChI=1S/C22H24F3N3O3S/c1-12(2)10-21(4,28-20(29)30)11-31-17-6-5-14(9-16(17)22(23,24)25)18-15-7-8-32-19(15)27-13(3)26-18/h5-9,12,28H,10-11H2,1-4H3,(H,29,30). The maximum absolute atomic E-state index is 13.9. The van der Waals surface area contributed by atoms with Gasteiger partial charge in [0, 0.05) is 10.9 Å². The van der Waals surface area contributed by atoms with E-state index < -0.39 is 23.4 Å². The predicted molar refractivity (Wildman–Crippen MR) is 117 cm³/mol. The minimum absolute atomic E-state index is 0.105. The van der Waals surface area contributed by atoms with Gasteiger partial charge in [0.1, 0.15) is 23.0 Å². The smallest absolute Gasteiger partial charge is 0.419 e. The predicted octanol–water partition coefficient (Wildman–Crippen LogP) is 6.14. The third-order valence-electron chi connectivity index (χ3n) is 4.81. The molecule has 2 aromatic heterocycles. The van der Waals surface area contributed by atoms with Crippen molar-refractivity contribution in [1.82, 2.24) is 15.3 Å². The molecular formula is C22H24F3N3O3S. The fraction of sp³-hybridized carbons (Fsp3) is 0.409. The first kappa shape index (κ1) is 23.8. The van der Waals surface area contributed by atoms with E-state index >= 15 is 0 Å². The summed E-state index contributed by atoms with van der Waals surface area (Å²) in [4.78, 5) is 20.6. The Balaban J connectivity index is 1.99. The number of benzene rings is 1. The Labute approximate surface area is 187 Å². The number of amides is 1. The number of hydrogen-bond acceptors (Lipinski definition) is 5. The summed E-state index contributed by atoms with van der Waals surface area (Å²) < 4.78 is 47.2. The van der Waals surface area contributed by atoms with Crippen molar-refractivity contribution in [3.05, 3.63) is 41.0 Å². The number of carboxylic acid groups (broad SMARTS) is 1. The van der Waals surface area contributed by atoms with Gasteiger partial charge in [-0.05, 0) is 55.8 Å². The molecule has 3 rings (SSSR count). The Kier molecular flexibility index (Phi) is 6.64. The van der Waals surface area contributed by atoms with E-state index in [2.05, 4.69) is 15.3 Å². The molecule has 0 aliphatic heterocycles. The van der Waals surface area contributed by atoms with E-state index in [0.29, 0.717) is 33.7 Å². The lowest BCUT2D eigenvalue weighted by Crippen LogP contribution is -2.50. The number of ether oxygens (including phenoxy) is 1. The molecule has 2 N–H and O–H groups in total. The lowest BCUT2D eigenvalue weighted by atomic mass is 9.91. The van der Waals surface area contributed by atoms with Crippen LogP contribution in [0.5, 0.6) is 5.75 Å². The van der Waals surface area contributed by atoms with Gasteiger partial charge in [0.25, 0.3) is 0 Å². The van der Waals surface area contributed by atoms with Crippen molar-refractivity contribution >= 4 is 27.6 Å². The zero-order chi connectivity index (χ0) is 23.7. The number of halogens is 3. The molecule has 0 spiro atoms. The van der Waals surface area contributed by atoms with Gasteiger partial charge in [0.15, 0.2) is 0 Å². The monoisotopic (exact) mass is 467 g/mol. The first-order valence-corrected chi connectivity index (χ1v) is 10.8. The lowest BCUT2D eigenvalue weighted by molar-refractivity contribution is -0.139. The van der Waals surface area contributed by atoms with Crippen molar-refractivity contribution in [2.75, 3.05) is 6.61 Å². The molecule has 2 heterocycles. The molecule has 172 valence electrons. The zero-order valence-corrected chi connectivity index (χ0v) is 18.9. The van der Waals surface area contributed by atoms with E-state index in [9.17, 15) is 18.0 Å². The van der Waals surface area contributed by atoms with Gasteiger partial charge >= 0.3 is 12.3 Å². The topological polar surface area (TPSA) is 84.3 Å². The van der Waals surface area contributed by atoms with E-state index in [-0.39, 0.29) is 18.3 Å². The molecule has 1 unspecified atom stereocenters.